The van der Waals surface area contributed by atoms with Gasteiger partial charge in [0.2, 0.25) is 11.8 Å². The van der Waals surface area contributed by atoms with E-state index in [0.717, 1.165) is 45.1 Å². The van der Waals surface area contributed by atoms with Crippen LogP contribution in [0.15, 0.2) is 0 Å². The molecule has 1 aliphatic rings. The maximum absolute atomic E-state index is 12.0. The van der Waals surface area contributed by atoms with Gasteiger partial charge in [-0.2, -0.15) is 0 Å². The molecule has 5 nitrogen and oxygen atoms in total. The van der Waals surface area contributed by atoms with E-state index in [4.69, 9.17) is 0 Å². The maximum Gasteiger partial charge on any atom is 0.223 e. The van der Waals surface area contributed by atoms with Gasteiger partial charge in [0.1, 0.15) is 6.29 Å². The Morgan fingerprint density at radius 3 is 2.11 bits per heavy atom. The Bertz CT molecular complexity index is 386. The molecular weight excluding hydrogens is 352 g/mol. The van der Waals surface area contributed by atoms with Crippen molar-refractivity contribution in [3.8, 4) is 0 Å². The number of carbonyl (C=O) groups excluding carboxylic acids is 3. The van der Waals surface area contributed by atoms with Gasteiger partial charge < -0.3 is 14.6 Å². The van der Waals surface area contributed by atoms with Gasteiger partial charge in [-0.25, -0.2) is 0 Å². The van der Waals surface area contributed by atoms with Crippen LogP contribution < -0.4 is 0 Å². The van der Waals surface area contributed by atoms with Crippen LogP contribution in [0.5, 0.6) is 0 Å². The summed E-state index contributed by atoms with van der Waals surface area (Å²) in [4.78, 5) is 38.0. The fraction of sp³-hybridized carbons (Fsp3) is 0.870. The fourth-order valence-electron chi connectivity index (χ4n) is 2.73. The van der Waals surface area contributed by atoms with Gasteiger partial charge in [0.15, 0.2) is 0 Å². The summed E-state index contributed by atoms with van der Waals surface area (Å²) < 4.78 is 0. The number of rotatable bonds is 9. The first-order valence-electron chi connectivity index (χ1n) is 11.4. The zero-order valence-corrected chi connectivity index (χ0v) is 20.2. The fourth-order valence-corrected chi connectivity index (χ4v) is 2.73. The lowest BCUT2D eigenvalue weighted by Crippen LogP contribution is -2.29. The number of aldehydes is 1. The number of hydrogen-bond donors (Lipinski definition) is 0. The number of amides is 2. The summed E-state index contributed by atoms with van der Waals surface area (Å²) in [7, 11) is 1.77. The molecule has 0 saturated carbocycles. The molecule has 1 saturated heterocycles. The molecule has 0 aromatic rings. The third kappa shape index (κ3) is 15.6. The number of carbonyl (C=O) groups is 3. The Labute approximate surface area is 175 Å². The van der Waals surface area contributed by atoms with Crippen LogP contribution in [0.3, 0.4) is 0 Å². The molecule has 0 aliphatic carbocycles. The molecule has 168 valence electrons. The van der Waals surface area contributed by atoms with E-state index >= 15 is 0 Å². The van der Waals surface area contributed by atoms with Gasteiger partial charge in [0.25, 0.3) is 0 Å². The first-order valence-corrected chi connectivity index (χ1v) is 11.4. The summed E-state index contributed by atoms with van der Waals surface area (Å²) in [6.45, 7) is 18.5. The summed E-state index contributed by atoms with van der Waals surface area (Å²) in [5.74, 6) is 0.711. The average molecular weight is 401 g/mol. The topological polar surface area (TPSA) is 57.7 Å². The predicted molar refractivity (Wildman–Crippen MR) is 120 cm³/mol. The van der Waals surface area contributed by atoms with Gasteiger partial charge in [-0.05, 0) is 25.2 Å². The minimum absolute atomic E-state index is 0.0155. The van der Waals surface area contributed by atoms with Gasteiger partial charge >= 0.3 is 0 Å². The van der Waals surface area contributed by atoms with Crippen LogP contribution in [-0.2, 0) is 14.4 Å². The SMILES string of the molecule is CC.CC.CC.CC(C=O)CC(=O)N(C)CCCCCC(=O)N1CCC(C)C1. The monoisotopic (exact) mass is 400 g/mol. The molecule has 1 heterocycles. The Hall–Kier alpha value is -1.39. The van der Waals surface area contributed by atoms with Crippen LogP contribution >= 0.6 is 0 Å². The van der Waals surface area contributed by atoms with Gasteiger partial charge in [-0.3, -0.25) is 9.59 Å². The molecule has 1 fully saturated rings. The molecule has 2 amide bonds. The second-order valence-electron chi connectivity index (χ2n) is 6.68. The van der Waals surface area contributed by atoms with E-state index in [1.807, 2.05) is 46.4 Å². The summed E-state index contributed by atoms with van der Waals surface area (Å²) in [6, 6.07) is 0. The quantitative estimate of drug-likeness (QED) is 0.396. The van der Waals surface area contributed by atoms with E-state index in [9.17, 15) is 14.4 Å². The van der Waals surface area contributed by atoms with Gasteiger partial charge in [-0.15, -0.1) is 0 Å². The molecule has 1 aliphatic heterocycles. The number of unbranched alkanes of at least 4 members (excludes halogenated alkanes) is 2. The highest BCUT2D eigenvalue weighted by atomic mass is 16.2. The summed E-state index contributed by atoms with van der Waals surface area (Å²) in [5.41, 5.74) is 0. The highest BCUT2D eigenvalue weighted by Crippen LogP contribution is 2.16. The Balaban J connectivity index is -0.000000946. The molecule has 0 aromatic carbocycles. The van der Waals surface area contributed by atoms with Crippen molar-refractivity contribution < 1.29 is 14.4 Å². The average Bonchev–Trinajstić information content (AvgIpc) is 3.18. The van der Waals surface area contributed by atoms with Crippen LogP contribution in [0, 0.1) is 11.8 Å². The van der Waals surface area contributed by atoms with E-state index in [2.05, 4.69) is 6.92 Å². The lowest BCUT2D eigenvalue weighted by atomic mass is 10.1. The van der Waals surface area contributed by atoms with Crippen molar-refractivity contribution in [1.82, 2.24) is 9.80 Å². The van der Waals surface area contributed by atoms with E-state index in [0.29, 0.717) is 18.9 Å². The molecule has 5 heteroatoms. The first kappa shape index (κ1) is 31.3. The van der Waals surface area contributed by atoms with Crippen LogP contribution in [0.2, 0.25) is 0 Å². The highest BCUT2D eigenvalue weighted by molar-refractivity contribution is 5.78. The second kappa shape index (κ2) is 21.9. The van der Waals surface area contributed by atoms with Gasteiger partial charge in [0.05, 0.1) is 0 Å². The van der Waals surface area contributed by atoms with Crippen molar-refractivity contribution in [2.24, 2.45) is 11.8 Å². The van der Waals surface area contributed by atoms with Crippen LogP contribution in [-0.4, -0.2) is 54.6 Å². The van der Waals surface area contributed by atoms with Crippen LogP contribution in [0.4, 0.5) is 0 Å². The van der Waals surface area contributed by atoms with Crippen LogP contribution in [0.25, 0.3) is 0 Å². The van der Waals surface area contributed by atoms with E-state index in [1.54, 1.807) is 18.9 Å². The number of hydrogen-bond acceptors (Lipinski definition) is 3. The van der Waals surface area contributed by atoms with E-state index in [-0.39, 0.29) is 24.2 Å². The van der Waals surface area contributed by atoms with Crippen molar-refractivity contribution in [2.45, 2.75) is 93.9 Å². The Morgan fingerprint density at radius 2 is 1.64 bits per heavy atom. The first-order chi connectivity index (χ1) is 13.4. The molecule has 28 heavy (non-hydrogen) atoms. The third-order valence-corrected chi connectivity index (χ3v) is 4.32. The summed E-state index contributed by atoms with van der Waals surface area (Å²) in [5, 5.41) is 0. The zero-order valence-electron chi connectivity index (χ0n) is 20.2. The largest absolute Gasteiger partial charge is 0.346 e. The lowest BCUT2D eigenvalue weighted by Gasteiger charge is -2.18. The molecule has 0 spiro atoms. The Kier molecular flexibility index (Phi) is 24.5. The molecule has 2 atom stereocenters. The predicted octanol–water partition coefficient (Wildman–Crippen LogP) is 5.18. The Morgan fingerprint density at radius 1 is 1.07 bits per heavy atom. The highest BCUT2D eigenvalue weighted by Gasteiger charge is 2.22. The van der Waals surface area contributed by atoms with Crippen molar-refractivity contribution in [1.29, 1.82) is 0 Å². The zero-order chi connectivity index (χ0) is 22.5. The van der Waals surface area contributed by atoms with Gasteiger partial charge in [-0.1, -0.05) is 61.8 Å². The molecule has 0 N–H and O–H groups in total. The smallest absolute Gasteiger partial charge is 0.223 e. The normalized spacial score (nSPS) is 15.6. The minimum Gasteiger partial charge on any atom is -0.346 e. The third-order valence-electron chi connectivity index (χ3n) is 4.32. The van der Waals surface area contributed by atoms with E-state index < -0.39 is 0 Å². The maximum atomic E-state index is 12.0. The van der Waals surface area contributed by atoms with Gasteiger partial charge in [0, 0.05) is 45.4 Å². The standard InChI is InChI=1S/C17H30N2O3.3C2H6/c1-14-8-10-19(12-14)16(21)7-5-4-6-9-18(3)17(22)11-15(2)13-20;3*1-2/h13-15H,4-12H2,1-3H3;3*1-2H3. The molecule has 0 bridgehead atoms. The molecule has 2 unspecified atom stereocenters. The van der Waals surface area contributed by atoms with Crippen molar-refractivity contribution in [2.75, 3.05) is 26.7 Å². The van der Waals surface area contributed by atoms with Crippen molar-refractivity contribution >= 4 is 18.1 Å². The molecule has 0 radical (unpaired) electrons. The molecule has 1 rings (SSSR count). The molecular formula is C23H48N2O3. The summed E-state index contributed by atoms with van der Waals surface area (Å²) >= 11 is 0. The number of likely N-dealkylation sites (tertiary alicyclic amines) is 1. The van der Waals surface area contributed by atoms with E-state index in [1.165, 1.54) is 0 Å². The lowest BCUT2D eigenvalue weighted by molar-refractivity contribution is -0.132. The van der Waals surface area contributed by atoms with Crippen molar-refractivity contribution in [3.05, 3.63) is 0 Å². The van der Waals surface area contributed by atoms with Crippen LogP contribution in [0.1, 0.15) is 93.9 Å². The summed E-state index contributed by atoms with van der Waals surface area (Å²) in [6.07, 6.45) is 5.58. The second-order valence-corrected chi connectivity index (χ2v) is 6.68. The number of nitrogens with zero attached hydrogens (tertiary/aromatic N) is 2. The molecule has 0 aromatic heterocycles. The minimum atomic E-state index is -0.213. The van der Waals surface area contributed by atoms with Crippen molar-refractivity contribution in [3.63, 3.8) is 0 Å².